The summed E-state index contributed by atoms with van der Waals surface area (Å²) >= 11 is 0. The molecular weight excluding hydrogens is 311 g/mol. The Bertz CT molecular complexity index is 924. The highest BCUT2D eigenvalue weighted by molar-refractivity contribution is 7.56. The van der Waals surface area contributed by atoms with Crippen LogP contribution in [-0.2, 0) is 4.57 Å². The van der Waals surface area contributed by atoms with E-state index in [1.807, 2.05) is 30.3 Å². The van der Waals surface area contributed by atoms with E-state index in [2.05, 4.69) is 4.98 Å². The molecule has 5 nitrogen and oxygen atoms in total. The largest absolute Gasteiger partial charge is 0.504 e. The van der Waals surface area contributed by atoms with Crippen LogP contribution >= 0.6 is 7.52 Å². The maximum atomic E-state index is 12.7. The Labute approximate surface area is 135 Å². The van der Waals surface area contributed by atoms with Gasteiger partial charge in [-0.2, -0.15) is 0 Å². The van der Waals surface area contributed by atoms with E-state index in [0.717, 1.165) is 10.9 Å². The standard InChI is InChI=1S/C17H19N2O3P/c1-4-23(21,19(2)3)22-16-10-9-15-13(17(16)20)11-12-7-5-6-8-14(12)18-15/h5-11,20H,4H2,1-3H3. The zero-order chi connectivity index (χ0) is 16.6. The molecular formula is C17H19N2O3P. The Morgan fingerprint density at radius 3 is 2.61 bits per heavy atom. The highest BCUT2D eigenvalue weighted by atomic mass is 31.2. The number of benzene rings is 2. The number of hydrogen-bond donors (Lipinski definition) is 1. The van der Waals surface area contributed by atoms with Crippen LogP contribution in [-0.4, -0.2) is 35.0 Å². The molecule has 0 saturated carbocycles. The van der Waals surface area contributed by atoms with Crippen LogP contribution in [0.3, 0.4) is 0 Å². The molecule has 6 heteroatoms. The number of aromatic nitrogens is 1. The number of rotatable bonds is 4. The molecule has 0 amide bonds. The van der Waals surface area contributed by atoms with Gasteiger partial charge in [0.2, 0.25) is 0 Å². The summed E-state index contributed by atoms with van der Waals surface area (Å²) in [6.07, 6.45) is 0.355. The van der Waals surface area contributed by atoms with E-state index in [4.69, 9.17) is 4.52 Å². The first-order valence-corrected chi connectivity index (χ1v) is 9.19. The zero-order valence-corrected chi connectivity index (χ0v) is 14.2. The number of hydrogen-bond acceptors (Lipinski definition) is 4. The first-order chi connectivity index (χ1) is 10.9. The normalized spacial score (nSPS) is 14.3. The molecule has 2 aromatic carbocycles. The van der Waals surface area contributed by atoms with Gasteiger partial charge in [0.05, 0.1) is 11.0 Å². The maximum Gasteiger partial charge on any atom is 0.318 e. The molecule has 1 heterocycles. The predicted octanol–water partition coefficient (Wildman–Crippen LogP) is 4.25. The van der Waals surface area contributed by atoms with Crippen molar-refractivity contribution in [3.05, 3.63) is 42.5 Å². The summed E-state index contributed by atoms with van der Waals surface area (Å²) in [6, 6.07) is 13.0. The minimum absolute atomic E-state index is 0.0312. The first-order valence-electron chi connectivity index (χ1n) is 7.42. The van der Waals surface area contributed by atoms with Gasteiger partial charge in [0.1, 0.15) is 0 Å². The van der Waals surface area contributed by atoms with E-state index in [9.17, 15) is 9.67 Å². The second kappa shape index (κ2) is 5.84. The fourth-order valence-electron chi connectivity index (χ4n) is 2.47. The summed E-state index contributed by atoms with van der Waals surface area (Å²) < 4.78 is 20.0. The average molecular weight is 330 g/mol. The lowest BCUT2D eigenvalue weighted by Crippen LogP contribution is -2.14. The second-order valence-corrected chi connectivity index (χ2v) is 8.44. The topological polar surface area (TPSA) is 62.7 Å². The molecule has 1 unspecified atom stereocenters. The lowest BCUT2D eigenvalue weighted by Gasteiger charge is -2.24. The molecule has 0 aliphatic carbocycles. The number of phenolic OH excluding ortho intramolecular Hbond substituents is 1. The molecule has 0 aliphatic rings. The molecule has 1 aromatic heterocycles. The van der Waals surface area contributed by atoms with Crippen molar-refractivity contribution in [2.45, 2.75) is 6.92 Å². The van der Waals surface area contributed by atoms with Crippen LogP contribution in [0.1, 0.15) is 6.92 Å². The van der Waals surface area contributed by atoms with Gasteiger partial charge in [-0.05, 0) is 38.4 Å². The molecule has 120 valence electrons. The van der Waals surface area contributed by atoms with Gasteiger partial charge in [-0.25, -0.2) is 9.65 Å². The SMILES string of the molecule is CCP(=O)(Oc1ccc2nc3ccccc3cc2c1O)N(C)C. The molecule has 0 bridgehead atoms. The molecule has 3 aromatic rings. The Kier molecular flexibility index (Phi) is 4.00. The van der Waals surface area contributed by atoms with Crippen LogP contribution in [0.15, 0.2) is 42.5 Å². The van der Waals surface area contributed by atoms with Crippen LogP contribution in [0.2, 0.25) is 0 Å². The van der Waals surface area contributed by atoms with Crippen molar-refractivity contribution in [3.63, 3.8) is 0 Å². The molecule has 0 radical (unpaired) electrons. The lowest BCUT2D eigenvalue weighted by molar-refractivity contribution is 0.396. The number of para-hydroxylation sites is 1. The quantitative estimate of drug-likeness (QED) is 0.572. The van der Waals surface area contributed by atoms with Gasteiger partial charge in [0.25, 0.3) is 0 Å². The van der Waals surface area contributed by atoms with Gasteiger partial charge >= 0.3 is 7.52 Å². The van der Waals surface area contributed by atoms with Crippen LogP contribution in [0.4, 0.5) is 0 Å². The van der Waals surface area contributed by atoms with Crippen LogP contribution in [0.25, 0.3) is 21.8 Å². The summed E-state index contributed by atoms with van der Waals surface area (Å²) in [5.74, 6) is 0.185. The number of pyridine rings is 1. The van der Waals surface area contributed by atoms with Crippen LogP contribution < -0.4 is 4.52 Å². The smallest absolute Gasteiger partial charge is 0.318 e. The van der Waals surface area contributed by atoms with E-state index >= 15 is 0 Å². The van der Waals surface area contributed by atoms with Crippen molar-refractivity contribution in [1.82, 2.24) is 9.65 Å². The number of aromatic hydroxyl groups is 1. The molecule has 0 saturated heterocycles. The summed E-state index contributed by atoms with van der Waals surface area (Å²) in [5.41, 5.74) is 1.53. The molecule has 0 spiro atoms. The molecule has 0 fully saturated rings. The molecule has 0 aliphatic heterocycles. The minimum atomic E-state index is -2.99. The third-order valence-corrected chi connectivity index (χ3v) is 6.38. The van der Waals surface area contributed by atoms with E-state index in [1.54, 1.807) is 37.8 Å². The fraction of sp³-hybridized carbons (Fsp3) is 0.235. The molecule has 3 rings (SSSR count). The first kappa shape index (κ1) is 15.8. The Balaban J connectivity index is 2.15. The average Bonchev–Trinajstić information content (AvgIpc) is 2.56. The Morgan fingerprint density at radius 2 is 1.91 bits per heavy atom. The van der Waals surface area contributed by atoms with Crippen LogP contribution in [0, 0.1) is 0 Å². The van der Waals surface area contributed by atoms with E-state index in [1.165, 1.54) is 0 Å². The maximum absolute atomic E-state index is 12.7. The third-order valence-electron chi connectivity index (χ3n) is 3.88. The summed E-state index contributed by atoms with van der Waals surface area (Å²) in [4.78, 5) is 4.54. The van der Waals surface area contributed by atoms with Crippen molar-refractivity contribution in [2.75, 3.05) is 20.3 Å². The molecule has 23 heavy (non-hydrogen) atoms. The monoisotopic (exact) mass is 330 g/mol. The van der Waals surface area contributed by atoms with Gasteiger partial charge in [-0.1, -0.05) is 25.1 Å². The van der Waals surface area contributed by atoms with Gasteiger partial charge in [0.15, 0.2) is 11.5 Å². The highest BCUT2D eigenvalue weighted by Gasteiger charge is 2.27. The van der Waals surface area contributed by atoms with Gasteiger partial charge < -0.3 is 9.63 Å². The summed E-state index contributed by atoms with van der Waals surface area (Å²) in [7, 11) is 0.417. The zero-order valence-electron chi connectivity index (χ0n) is 13.4. The third kappa shape index (κ3) is 2.78. The number of phenols is 1. The van der Waals surface area contributed by atoms with E-state index in [-0.39, 0.29) is 11.5 Å². The van der Waals surface area contributed by atoms with Gasteiger partial charge in [0, 0.05) is 16.9 Å². The molecule has 1 atom stereocenters. The van der Waals surface area contributed by atoms with Crippen molar-refractivity contribution in [3.8, 4) is 11.5 Å². The number of fused-ring (bicyclic) bond motifs is 2. The summed E-state index contributed by atoms with van der Waals surface area (Å²) in [5, 5.41) is 12.1. The predicted molar refractivity (Wildman–Crippen MR) is 93.4 cm³/mol. The van der Waals surface area contributed by atoms with E-state index in [0.29, 0.717) is 17.1 Å². The van der Waals surface area contributed by atoms with Crippen molar-refractivity contribution in [1.29, 1.82) is 0 Å². The molecule has 1 N–H and O–H groups in total. The van der Waals surface area contributed by atoms with Crippen molar-refractivity contribution < 1.29 is 14.2 Å². The Hall–Kier alpha value is -2.10. The van der Waals surface area contributed by atoms with Gasteiger partial charge in [-0.3, -0.25) is 4.57 Å². The lowest BCUT2D eigenvalue weighted by atomic mass is 10.1. The van der Waals surface area contributed by atoms with Gasteiger partial charge in [-0.15, -0.1) is 0 Å². The van der Waals surface area contributed by atoms with Crippen molar-refractivity contribution >= 4 is 29.3 Å². The van der Waals surface area contributed by atoms with E-state index < -0.39 is 7.52 Å². The minimum Gasteiger partial charge on any atom is -0.504 e. The van der Waals surface area contributed by atoms with Crippen LogP contribution in [0.5, 0.6) is 11.5 Å². The summed E-state index contributed by atoms with van der Waals surface area (Å²) in [6.45, 7) is 1.80. The van der Waals surface area contributed by atoms with Crippen molar-refractivity contribution in [2.24, 2.45) is 0 Å². The fourth-order valence-corrected chi connectivity index (χ4v) is 3.78. The number of nitrogens with zero attached hydrogens (tertiary/aromatic N) is 2. The second-order valence-electron chi connectivity index (χ2n) is 5.55. The Morgan fingerprint density at radius 1 is 1.17 bits per heavy atom. The highest BCUT2D eigenvalue weighted by Crippen LogP contribution is 2.51.